The Morgan fingerprint density at radius 1 is 1.15 bits per heavy atom. The molecule has 2 N–H and O–H groups in total. The number of para-hydroxylation sites is 1. The lowest BCUT2D eigenvalue weighted by molar-refractivity contribution is -0.137. The zero-order chi connectivity index (χ0) is 20.0. The second-order valence-corrected chi connectivity index (χ2v) is 8.77. The van der Waals surface area contributed by atoms with E-state index in [1.165, 1.54) is 28.4 Å². The summed E-state index contributed by atoms with van der Waals surface area (Å²) >= 11 is 0. The third-order valence-electron chi connectivity index (χ3n) is 4.88. The van der Waals surface area contributed by atoms with Crippen LogP contribution in [0.2, 0.25) is 0 Å². The van der Waals surface area contributed by atoms with Gasteiger partial charge in [-0.2, -0.15) is 4.31 Å². The van der Waals surface area contributed by atoms with Gasteiger partial charge in [-0.15, -0.1) is 0 Å². The molecule has 0 heterocycles. The summed E-state index contributed by atoms with van der Waals surface area (Å²) in [5.74, 6) is -1.01. The number of amides is 2. The lowest BCUT2D eigenvalue weighted by atomic mass is 9.96. The predicted molar refractivity (Wildman–Crippen MR) is 102 cm³/mol. The summed E-state index contributed by atoms with van der Waals surface area (Å²) in [6, 6.07) is 5.68. The minimum atomic E-state index is -3.76. The fourth-order valence-electron chi connectivity index (χ4n) is 3.17. The van der Waals surface area contributed by atoms with Crippen molar-refractivity contribution in [1.29, 1.82) is 0 Å². The van der Waals surface area contributed by atoms with Crippen LogP contribution in [0.15, 0.2) is 29.2 Å². The molecule has 2 amide bonds. The molecule has 9 heteroatoms. The summed E-state index contributed by atoms with van der Waals surface area (Å²) in [6.07, 6.45) is 4.63. The highest BCUT2D eigenvalue weighted by Crippen LogP contribution is 2.29. The number of rotatable bonds is 7. The molecule has 1 aliphatic carbocycles. The van der Waals surface area contributed by atoms with E-state index in [0.717, 1.165) is 32.1 Å². The predicted octanol–water partition coefficient (Wildman–Crippen LogP) is 2.58. The highest BCUT2D eigenvalue weighted by atomic mass is 32.2. The molecule has 27 heavy (non-hydrogen) atoms. The highest BCUT2D eigenvalue weighted by molar-refractivity contribution is 7.89. The summed E-state index contributed by atoms with van der Waals surface area (Å²) in [7, 11) is -0.712. The Hall–Kier alpha value is -2.13. The number of urea groups is 1. The van der Waals surface area contributed by atoms with Gasteiger partial charge in [-0.3, -0.25) is 4.79 Å². The zero-order valence-corrected chi connectivity index (χ0v) is 16.5. The van der Waals surface area contributed by atoms with Crippen LogP contribution in [0, 0.1) is 0 Å². The van der Waals surface area contributed by atoms with E-state index in [1.54, 1.807) is 19.2 Å². The lowest BCUT2D eigenvalue weighted by Gasteiger charge is -2.31. The number of carbonyl (C=O) groups excluding carboxylic acids is 1. The van der Waals surface area contributed by atoms with Crippen LogP contribution in [0.1, 0.15) is 38.5 Å². The molecule has 2 rings (SSSR count). The van der Waals surface area contributed by atoms with Gasteiger partial charge in [-0.1, -0.05) is 31.4 Å². The number of carbonyl (C=O) groups is 2. The van der Waals surface area contributed by atoms with E-state index < -0.39 is 22.0 Å². The maximum absolute atomic E-state index is 13.1. The topological polar surface area (TPSA) is 107 Å². The van der Waals surface area contributed by atoms with Crippen LogP contribution in [0.4, 0.5) is 10.5 Å². The van der Waals surface area contributed by atoms with E-state index in [4.69, 9.17) is 5.11 Å². The monoisotopic (exact) mass is 397 g/mol. The van der Waals surface area contributed by atoms with Crippen molar-refractivity contribution in [2.75, 3.05) is 26.0 Å². The van der Waals surface area contributed by atoms with Crippen molar-refractivity contribution >= 4 is 27.7 Å². The third-order valence-corrected chi connectivity index (χ3v) is 6.85. The van der Waals surface area contributed by atoms with E-state index in [1.807, 2.05) is 0 Å². The molecule has 0 spiro atoms. The van der Waals surface area contributed by atoms with Crippen LogP contribution in [-0.4, -0.2) is 61.4 Å². The molecule has 0 aromatic heterocycles. The Kier molecular flexibility index (Phi) is 7.20. The maximum atomic E-state index is 13.1. The Labute approximate surface area is 160 Å². The van der Waals surface area contributed by atoms with Crippen LogP contribution in [-0.2, 0) is 14.8 Å². The van der Waals surface area contributed by atoms with Crippen molar-refractivity contribution in [2.45, 2.75) is 49.5 Å². The molecule has 150 valence electrons. The molecular formula is C18H27N3O5S. The summed E-state index contributed by atoms with van der Waals surface area (Å²) in [5.41, 5.74) is 0.187. The van der Waals surface area contributed by atoms with E-state index in [9.17, 15) is 18.0 Å². The molecule has 1 aromatic carbocycles. The SMILES string of the molecule is CN(CCC(=O)O)C(=O)Nc1ccccc1S(=O)(=O)N(C)C1CCCCC1. The van der Waals surface area contributed by atoms with Gasteiger partial charge in [0.05, 0.1) is 12.1 Å². The number of sulfonamides is 1. The average Bonchev–Trinajstić information content (AvgIpc) is 2.66. The van der Waals surface area contributed by atoms with Gasteiger partial charge in [0.15, 0.2) is 0 Å². The second-order valence-electron chi connectivity index (χ2n) is 6.80. The first-order chi connectivity index (χ1) is 12.7. The first-order valence-corrected chi connectivity index (χ1v) is 10.5. The van der Waals surface area contributed by atoms with E-state index in [2.05, 4.69) is 5.32 Å². The third kappa shape index (κ3) is 5.43. The Morgan fingerprint density at radius 3 is 2.41 bits per heavy atom. The average molecular weight is 397 g/mol. The number of carboxylic acid groups (broad SMARTS) is 1. The molecule has 0 bridgehead atoms. The number of aliphatic carboxylic acids is 1. The minimum absolute atomic E-state index is 0.0259. The van der Waals surface area contributed by atoms with Crippen molar-refractivity contribution in [1.82, 2.24) is 9.21 Å². The molecule has 0 unspecified atom stereocenters. The molecule has 1 aromatic rings. The molecule has 0 aliphatic heterocycles. The zero-order valence-electron chi connectivity index (χ0n) is 15.7. The first kappa shape index (κ1) is 21.2. The van der Waals surface area contributed by atoms with Crippen LogP contribution < -0.4 is 5.32 Å². The van der Waals surface area contributed by atoms with E-state index in [0.29, 0.717) is 0 Å². The van der Waals surface area contributed by atoms with Gasteiger partial charge < -0.3 is 15.3 Å². The molecule has 1 saturated carbocycles. The number of hydrogen-bond acceptors (Lipinski definition) is 4. The number of hydrogen-bond donors (Lipinski definition) is 2. The van der Waals surface area contributed by atoms with Crippen molar-refractivity contribution in [3.63, 3.8) is 0 Å². The molecule has 1 fully saturated rings. The van der Waals surface area contributed by atoms with Crippen LogP contribution >= 0.6 is 0 Å². The van der Waals surface area contributed by atoms with Gasteiger partial charge in [0.2, 0.25) is 10.0 Å². The quantitative estimate of drug-likeness (QED) is 0.735. The largest absolute Gasteiger partial charge is 0.481 e. The lowest BCUT2D eigenvalue weighted by Crippen LogP contribution is -2.39. The summed E-state index contributed by atoms with van der Waals surface area (Å²) in [5, 5.41) is 11.3. The highest BCUT2D eigenvalue weighted by Gasteiger charge is 2.31. The first-order valence-electron chi connectivity index (χ1n) is 9.04. The van der Waals surface area contributed by atoms with Gasteiger partial charge in [0, 0.05) is 26.7 Å². The smallest absolute Gasteiger partial charge is 0.321 e. The molecule has 8 nitrogen and oxygen atoms in total. The van der Waals surface area contributed by atoms with Gasteiger partial charge in [0.1, 0.15) is 4.90 Å². The van der Waals surface area contributed by atoms with Crippen LogP contribution in [0.25, 0.3) is 0 Å². The molecule has 1 aliphatic rings. The summed E-state index contributed by atoms with van der Waals surface area (Å²) < 4.78 is 27.6. The summed E-state index contributed by atoms with van der Waals surface area (Å²) in [6.45, 7) is 0.0259. The van der Waals surface area contributed by atoms with Crippen molar-refractivity contribution in [3.8, 4) is 0 Å². The molecule has 0 atom stereocenters. The standard InChI is InChI=1S/C18H27N3O5S/c1-20(13-12-17(22)23)18(24)19-15-10-6-7-11-16(15)27(25,26)21(2)14-8-4-3-5-9-14/h6-7,10-11,14H,3-5,8-9,12-13H2,1-2H3,(H,19,24)(H,22,23). The number of carboxylic acids is 1. The molecule has 0 radical (unpaired) electrons. The second kappa shape index (κ2) is 9.18. The Bertz CT molecular complexity index is 775. The number of anilines is 1. The van der Waals surface area contributed by atoms with Crippen molar-refractivity contribution < 1.29 is 23.1 Å². The fraction of sp³-hybridized carbons (Fsp3) is 0.556. The van der Waals surface area contributed by atoms with Gasteiger partial charge in [0.25, 0.3) is 0 Å². The van der Waals surface area contributed by atoms with Crippen LogP contribution in [0.3, 0.4) is 0 Å². The maximum Gasteiger partial charge on any atom is 0.321 e. The van der Waals surface area contributed by atoms with E-state index >= 15 is 0 Å². The Balaban J connectivity index is 2.18. The van der Waals surface area contributed by atoms with Crippen LogP contribution in [0.5, 0.6) is 0 Å². The van der Waals surface area contributed by atoms with Gasteiger partial charge in [-0.25, -0.2) is 13.2 Å². The summed E-state index contributed by atoms with van der Waals surface area (Å²) in [4.78, 5) is 24.2. The number of nitrogens with one attached hydrogen (secondary N) is 1. The molecule has 0 saturated heterocycles. The van der Waals surface area contributed by atoms with Gasteiger partial charge >= 0.3 is 12.0 Å². The Morgan fingerprint density at radius 2 is 1.78 bits per heavy atom. The van der Waals surface area contributed by atoms with Crippen molar-refractivity contribution in [2.24, 2.45) is 0 Å². The normalized spacial score (nSPS) is 15.5. The van der Waals surface area contributed by atoms with Gasteiger partial charge in [-0.05, 0) is 25.0 Å². The minimum Gasteiger partial charge on any atom is -0.481 e. The molecular weight excluding hydrogens is 370 g/mol. The van der Waals surface area contributed by atoms with E-state index in [-0.39, 0.29) is 29.6 Å². The number of nitrogens with zero attached hydrogens (tertiary/aromatic N) is 2. The fourth-order valence-corrected chi connectivity index (χ4v) is 4.73. The number of benzene rings is 1. The van der Waals surface area contributed by atoms with Crippen molar-refractivity contribution in [3.05, 3.63) is 24.3 Å².